The van der Waals surface area contributed by atoms with Crippen LogP contribution in [-0.2, 0) is 4.79 Å². The summed E-state index contributed by atoms with van der Waals surface area (Å²) in [4.78, 5) is 11.7. The lowest BCUT2D eigenvalue weighted by Gasteiger charge is -2.24. The van der Waals surface area contributed by atoms with Crippen molar-refractivity contribution in [3.63, 3.8) is 0 Å². The van der Waals surface area contributed by atoms with E-state index in [0.717, 1.165) is 19.4 Å². The highest BCUT2D eigenvalue weighted by molar-refractivity contribution is 5.85. The Bertz CT molecular complexity index is 174. The third-order valence-corrected chi connectivity index (χ3v) is 2.90. The van der Waals surface area contributed by atoms with Crippen molar-refractivity contribution in [1.82, 2.24) is 10.6 Å². The first-order valence-electron chi connectivity index (χ1n) is 5.45. The van der Waals surface area contributed by atoms with E-state index in [1.165, 1.54) is 0 Å². The molecule has 0 rings (SSSR count). The molecule has 0 aliphatic carbocycles. The summed E-state index contributed by atoms with van der Waals surface area (Å²) in [6.07, 6.45) is 2.24. The molecule has 3 heteroatoms. The molecule has 0 saturated carbocycles. The molecule has 0 saturated heterocycles. The predicted molar refractivity (Wildman–Crippen MR) is 60.2 cm³/mol. The highest BCUT2D eigenvalue weighted by Crippen LogP contribution is 2.06. The number of rotatable bonds is 6. The third-order valence-electron chi connectivity index (χ3n) is 2.90. The van der Waals surface area contributed by atoms with Crippen LogP contribution in [0.1, 0.15) is 40.5 Å². The van der Waals surface area contributed by atoms with Gasteiger partial charge in [-0.1, -0.05) is 26.7 Å². The Kier molecular flexibility index (Phi) is 5.77. The topological polar surface area (TPSA) is 41.1 Å². The van der Waals surface area contributed by atoms with Crippen LogP contribution in [-0.4, -0.2) is 25.0 Å². The standard InChI is InChI=1S/C11H24N2O/c1-6-9(7-2)8-13-10(14)11(3,4)12-5/h9,12H,6-8H2,1-5H3,(H,13,14). The van der Waals surface area contributed by atoms with Crippen LogP contribution in [0.2, 0.25) is 0 Å². The molecule has 3 nitrogen and oxygen atoms in total. The lowest BCUT2D eigenvalue weighted by molar-refractivity contribution is -0.126. The SMILES string of the molecule is CCC(CC)CNC(=O)C(C)(C)NC. The summed E-state index contributed by atoms with van der Waals surface area (Å²) in [5.41, 5.74) is -0.466. The smallest absolute Gasteiger partial charge is 0.239 e. The predicted octanol–water partition coefficient (Wildman–Crippen LogP) is 1.54. The van der Waals surface area contributed by atoms with E-state index in [1.807, 2.05) is 13.8 Å². The first-order valence-corrected chi connectivity index (χ1v) is 5.45. The Balaban J connectivity index is 3.95. The molecule has 0 unspecified atom stereocenters. The summed E-state index contributed by atoms with van der Waals surface area (Å²) in [7, 11) is 1.80. The molecule has 0 bridgehead atoms. The summed E-state index contributed by atoms with van der Waals surface area (Å²) >= 11 is 0. The van der Waals surface area contributed by atoms with E-state index in [4.69, 9.17) is 0 Å². The summed E-state index contributed by atoms with van der Waals surface area (Å²) in [5, 5.41) is 5.96. The Labute approximate surface area is 87.6 Å². The number of amides is 1. The summed E-state index contributed by atoms with van der Waals surface area (Å²) in [6, 6.07) is 0. The molecule has 0 heterocycles. The van der Waals surface area contributed by atoms with Crippen molar-refractivity contribution < 1.29 is 4.79 Å². The molecule has 2 N–H and O–H groups in total. The zero-order valence-corrected chi connectivity index (χ0v) is 10.1. The second-order valence-corrected chi connectivity index (χ2v) is 4.27. The highest BCUT2D eigenvalue weighted by atomic mass is 16.2. The van der Waals surface area contributed by atoms with Crippen molar-refractivity contribution in [3.05, 3.63) is 0 Å². The van der Waals surface area contributed by atoms with Gasteiger partial charge in [-0.2, -0.15) is 0 Å². The third kappa shape index (κ3) is 4.09. The van der Waals surface area contributed by atoms with Gasteiger partial charge in [0, 0.05) is 6.54 Å². The number of likely N-dealkylation sites (N-methyl/N-ethyl adjacent to an activating group) is 1. The van der Waals surface area contributed by atoms with Crippen LogP contribution >= 0.6 is 0 Å². The Hall–Kier alpha value is -0.570. The minimum absolute atomic E-state index is 0.0758. The van der Waals surface area contributed by atoms with E-state index >= 15 is 0 Å². The molecule has 0 spiro atoms. The van der Waals surface area contributed by atoms with Crippen molar-refractivity contribution in [2.45, 2.75) is 46.1 Å². The summed E-state index contributed by atoms with van der Waals surface area (Å²) in [6.45, 7) is 8.87. The molecule has 0 aromatic rings. The van der Waals surface area contributed by atoms with Gasteiger partial charge in [0.05, 0.1) is 5.54 Å². The van der Waals surface area contributed by atoms with Gasteiger partial charge in [0.2, 0.25) is 5.91 Å². The molecule has 0 aromatic carbocycles. The van der Waals surface area contributed by atoms with Crippen molar-refractivity contribution >= 4 is 5.91 Å². The zero-order valence-electron chi connectivity index (χ0n) is 10.1. The van der Waals surface area contributed by atoms with Gasteiger partial charge in [-0.15, -0.1) is 0 Å². The molecule has 0 atom stereocenters. The normalized spacial score (nSPS) is 11.9. The minimum Gasteiger partial charge on any atom is -0.354 e. The van der Waals surface area contributed by atoms with Crippen LogP contribution in [0, 0.1) is 5.92 Å². The molecule has 0 aliphatic rings. The minimum atomic E-state index is -0.466. The molecule has 0 radical (unpaired) electrons. The van der Waals surface area contributed by atoms with Crippen molar-refractivity contribution in [2.24, 2.45) is 5.92 Å². The van der Waals surface area contributed by atoms with Crippen molar-refractivity contribution in [2.75, 3.05) is 13.6 Å². The number of carbonyl (C=O) groups excluding carboxylic acids is 1. The van der Waals surface area contributed by atoms with Crippen LogP contribution in [0.5, 0.6) is 0 Å². The first-order chi connectivity index (χ1) is 6.47. The molecular weight excluding hydrogens is 176 g/mol. The molecule has 1 amide bonds. The number of nitrogens with one attached hydrogen (secondary N) is 2. The lowest BCUT2D eigenvalue weighted by Crippen LogP contribution is -2.51. The fourth-order valence-corrected chi connectivity index (χ4v) is 1.15. The molecule has 0 aliphatic heterocycles. The van der Waals surface area contributed by atoms with Crippen molar-refractivity contribution in [1.29, 1.82) is 0 Å². The van der Waals surface area contributed by atoms with Gasteiger partial charge < -0.3 is 10.6 Å². The van der Waals surface area contributed by atoms with Crippen LogP contribution < -0.4 is 10.6 Å². The maximum Gasteiger partial charge on any atom is 0.239 e. The van der Waals surface area contributed by atoms with E-state index in [-0.39, 0.29) is 5.91 Å². The highest BCUT2D eigenvalue weighted by Gasteiger charge is 2.24. The van der Waals surface area contributed by atoms with Crippen molar-refractivity contribution in [3.8, 4) is 0 Å². The average molecular weight is 200 g/mol. The Morgan fingerprint density at radius 1 is 1.29 bits per heavy atom. The van der Waals surface area contributed by atoms with E-state index in [2.05, 4.69) is 24.5 Å². The zero-order chi connectivity index (χ0) is 11.2. The van der Waals surface area contributed by atoms with Gasteiger partial charge in [-0.05, 0) is 26.8 Å². The van der Waals surface area contributed by atoms with Crippen LogP contribution in [0.4, 0.5) is 0 Å². The van der Waals surface area contributed by atoms with Gasteiger partial charge in [0.25, 0.3) is 0 Å². The average Bonchev–Trinajstić information content (AvgIpc) is 2.19. The number of hydrogen-bond acceptors (Lipinski definition) is 2. The maximum absolute atomic E-state index is 11.7. The van der Waals surface area contributed by atoms with Gasteiger partial charge >= 0.3 is 0 Å². The monoisotopic (exact) mass is 200 g/mol. The van der Waals surface area contributed by atoms with Gasteiger partial charge in [-0.3, -0.25) is 4.79 Å². The van der Waals surface area contributed by atoms with Crippen LogP contribution in [0.25, 0.3) is 0 Å². The van der Waals surface area contributed by atoms with E-state index in [1.54, 1.807) is 7.05 Å². The molecule has 14 heavy (non-hydrogen) atoms. The molecule has 0 aromatic heterocycles. The van der Waals surface area contributed by atoms with Gasteiger partial charge in [0.1, 0.15) is 0 Å². The van der Waals surface area contributed by atoms with Crippen LogP contribution in [0.15, 0.2) is 0 Å². The fraction of sp³-hybridized carbons (Fsp3) is 0.909. The van der Waals surface area contributed by atoms with Gasteiger partial charge in [0.15, 0.2) is 0 Å². The molecule has 0 fully saturated rings. The lowest BCUT2D eigenvalue weighted by atomic mass is 10.0. The Morgan fingerprint density at radius 2 is 1.79 bits per heavy atom. The summed E-state index contributed by atoms with van der Waals surface area (Å²) < 4.78 is 0. The second kappa shape index (κ2) is 6.02. The number of hydrogen-bond donors (Lipinski definition) is 2. The Morgan fingerprint density at radius 3 is 2.14 bits per heavy atom. The molecule has 84 valence electrons. The van der Waals surface area contributed by atoms with Gasteiger partial charge in [-0.25, -0.2) is 0 Å². The quantitative estimate of drug-likeness (QED) is 0.683. The van der Waals surface area contributed by atoms with E-state index < -0.39 is 5.54 Å². The fourth-order valence-electron chi connectivity index (χ4n) is 1.15. The first kappa shape index (κ1) is 13.4. The maximum atomic E-state index is 11.7. The van der Waals surface area contributed by atoms with Crippen LogP contribution in [0.3, 0.4) is 0 Å². The van der Waals surface area contributed by atoms with E-state index in [0.29, 0.717) is 5.92 Å². The van der Waals surface area contributed by atoms with E-state index in [9.17, 15) is 4.79 Å². The molecular formula is C11H24N2O. The largest absolute Gasteiger partial charge is 0.354 e. The summed E-state index contributed by atoms with van der Waals surface area (Å²) in [5.74, 6) is 0.679. The second-order valence-electron chi connectivity index (χ2n) is 4.27. The number of carbonyl (C=O) groups is 1.